The molecule has 1 atom stereocenters. The Bertz CT molecular complexity index is 586. The SMILES string of the molecule is CCCC[C@@H](CCCC(=O)CO)CC(=O)CCCCC(=O)Nc1ccccc1. The summed E-state index contributed by atoms with van der Waals surface area (Å²) >= 11 is 0. The zero-order valence-electron chi connectivity index (χ0n) is 17.1. The lowest BCUT2D eigenvalue weighted by Crippen LogP contribution is -2.12. The van der Waals surface area contributed by atoms with Crippen LogP contribution < -0.4 is 5.32 Å². The van der Waals surface area contributed by atoms with Gasteiger partial charge in [-0.05, 0) is 43.7 Å². The molecule has 156 valence electrons. The van der Waals surface area contributed by atoms with Crippen molar-refractivity contribution in [2.75, 3.05) is 11.9 Å². The lowest BCUT2D eigenvalue weighted by molar-refractivity contribution is -0.122. The Morgan fingerprint density at radius 1 is 0.893 bits per heavy atom. The van der Waals surface area contributed by atoms with Crippen LogP contribution in [-0.2, 0) is 14.4 Å². The van der Waals surface area contributed by atoms with Crippen LogP contribution in [0, 0.1) is 5.92 Å². The summed E-state index contributed by atoms with van der Waals surface area (Å²) in [5, 5.41) is 11.7. The first-order chi connectivity index (χ1) is 13.5. The van der Waals surface area contributed by atoms with Crippen molar-refractivity contribution < 1.29 is 19.5 Å². The number of carbonyl (C=O) groups excluding carboxylic acids is 3. The fraction of sp³-hybridized carbons (Fsp3) is 0.609. The molecule has 1 aromatic carbocycles. The van der Waals surface area contributed by atoms with Crippen LogP contribution in [0.2, 0.25) is 0 Å². The third-order valence-electron chi connectivity index (χ3n) is 4.89. The largest absolute Gasteiger partial charge is 0.389 e. The molecule has 1 rings (SSSR count). The van der Waals surface area contributed by atoms with Crippen molar-refractivity contribution in [1.82, 2.24) is 0 Å². The van der Waals surface area contributed by atoms with Gasteiger partial charge in [-0.25, -0.2) is 0 Å². The number of aliphatic hydroxyl groups excluding tert-OH is 1. The minimum Gasteiger partial charge on any atom is -0.389 e. The molecule has 2 N–H and O–H groups in total. The molecule has 0 unspecified atom stereocenters. The summed E-state index contributed by atoms with van der Waals surface area (Å²) in [6, 6.07) is 9.36. The molecule has 0 aromatic heterocycles. The number of amides is 1. The van der Waals surface area contributed by atoms with Gasteiger partial charge in [0.15, 0.2) is 5.78 Å². The number of ketones is 2. The summed E-state index contributed by atoms with van der Waals surface area (Å²) in [5.74, 6) is 0.417. The molecule has 5 heteroatoms. The van der Waals surface area contributed by atoms with Crippen LogP contribution in [-0.4, -0.2) is 29.2 Å². The van der Waals surface area contributed by atoms with Gasteiger partial charge in [0.1, 0.15) is 12.4 Å². The molecule has 0 saturated heterocycles. The number of hydrogen-bond acceptors (Lipinski definition) is 4. The normalized spacial score (nSPS) is 11.8. The molecular weight excluding hydrogens is 354 g/mol. The number of carbonyl (C=O) groups is 3. The number of aliphatic hydroxyl groups is 1. The third-order valence-corrected chi connectivity index (χ3v) is 4.89. The first kappa shape index (κ1) is 24.0. The van der Waals surface area contributed by atoms with Gasteiger partial charge in [0.05, 0.1) is 0 Å². The highest BCUT2D eigenvalue weighted by Crippen LogP contribution is 2.21. The quantitative estimate of drug-likeness (QED) is 0.402. The second-order valence-electron chi connectivity index (χ2n) is 7.46. The smallest absolute Gasteiger partial charge is 0.224 e. The van der Waals surface area contributed by atoms with E-state index >= 15 is 0 Å². The van der Waals surface area contributed by atoms with Crippen LogP contribution in [0.4, 0.5) is 5.69 Å². The van der Waals surface area contributed by atoms with Crippen molar-refractivity contribution in [3.05, 3.63) is 30.3 Å². The van der Waals surface area contributed by atoms with Crippen molar-refractivity contribution in [3.63, 3.8) is 0 Å². The van der Waals surface area contributed by atoms with E-state index in [0.29, 0.717) is 38.0 Å². The van der Waals surface area contributed by atoms with E-state index < -0.39 is 6.61 Å². The van der Waals surface area contributed by atoms with Gasteiger partial charge in [-0.3, -0.25) is 14.4 Å². The van der Waals surface area contributed by atoms with Crippen LogP contribution in [0.1, 0.15) is 77.6 Å². The molecule has 0 aliphatic rings. The maximum Gasteiger partial charge on any atom is 0.224 e. The van der Waals surface area contributed by atoms with Gasteiger partial charge in [-0.2, -0.15) is 0 Å². The summed E-state index contributed by atoms with van der Waals surface area (Å²) in [6.45, 7) is 1.74. The van der Waals surface area contributed by atoms with Crippen molar-refractivity contribution in [3.8, 4) is 0 Å². The van der Waals surface area contributed by atoms with Gasteiger partial charge in [-0.1, -0.05) is 44.4 Å². The Labute approximate surface area is 168 Å². The van der Waals surface area contributed by atoms with Gasteiger partial charge in [0, 0.05) is 31.4 Å². The molecule has 0 saturated carbocycles. The van der Waals surface area contributed by atoms with E-state index in [9.17, 15) is 14.4 Å². The average molecular weight is 390 g/mol. The number of benzene rings is 1. The Balaban J connectivity index is 2.23. The number of para-hydroxylation sites is 1. The fourth-order valence-electron chi connectivity index (χ4n) is 3.28. The van der Waals surface area contributed by atoms with Crippen LogP contribution in [0.5, 0.6) is 0 Å². The summed E-state index contributed by atoms with van der Waals surface area (Å²) in [4.78, 5) is 35.4. The van der Waals surface area contributed by atoms with E-state index in [2.05, 4.69) is 12.2 Å². The van der Waals surface area contributed by atoms with Crippen molar-refractivity contribution in [2.45, 2.75) is 77.6 Å². The standard InChI is InChI=1S/C23H35NO4/c1-2-3-10-19(11-9-15-22(27)18-25)17-21(26)14-7-8-16-23(28)24-20-12-5-4-6-13-20/h4-6,12-13,19,25H,2-3,7-11,14-18H2,1H3,(H,24,28)/t19-/m0/s1. The molecule has 0 spiro atoms. The Hall–Kier alpha value is -2.01. The highest BCUT2D eigenvalue weighted by atomic mass is 16.3. The van der Waals surface area contributed by atoms with Gasteiger partial charge in [0.25, 0.3) is 0 Å². The van der Waals surface area contributed by atoms with Crippen molar-refractivity contribution >= 4 is 23.2 Å². The van der Waals surface area contributed by atoms with Crippen LogP contribution in [0.25, 0.3) is 0 Å². The second kappa shape index (κ2) is 15.0. The van der Waals surface area contributed by atoms with Gasteiger partial charge in [0.2, 0.25) is 5.91 Å². The number of nitrogens with one attached hydrogen (secondary N) is 1. The Kier molecular flexibility index (Phi) is 12.9. The molecule has 0 bridgehead atoms. The van der Waals surface area contributed by atoms with E-state index in [1.54, 1.807) is 0 Å². The van der Waals surface area contributed by atoms with E-state index in [1.807, 2.05) is 30.3 Å². The molecule has 0 heterocycles. The molecule has 5 nitrogen and oxygen atoms in total. The van der Waals surface area contributed by atoms with Gasteiger partial charge < -0.3 is 10.4 Å². The maximum atomic E-state index is 12.3. The van der Waals surface area contributed by atoms with E-state index in [1.165, 1.54) is 0 Å². The van der Waals surface area contributed by atoms with Crippen molar-refractivity contribution in [1.29, 1.82) is 0 Å². The molecule has 28 heavy (non-hydrogen) atoms. The predicted molar refractivity (Wildman–Crippen MR) is 112 cm³/mol. The Morgan fingerprint density at radius 2 is 1.54 bits per heavy atom. The number of rotatable bonds is 16. The summed E-state index contributed by atoms with van der Waals surface area (Å²) in [6.07, 6.45) is 8.10. The highest BCUT2D eigenvalue weighted by Gasteiger charge is 2.14. The average Bonchev–Trinajstić information content (AvgIpc) is 2.69. The van der Waals surface area contributed by atoms with Crippen molar-refractivity contribution in [2.24, 2.45) is 5.92 Å². The summed E-state index contributed by atoms with van der Waals surface area (Å²) in [7, 11) is 0. The topological polar surface area (TPSA) is 83.5 Å². The molecule has 0 radical (unpaired) electrons. The fourth-order valence-corrected chi connectivity index (χ4v) is 3.28. The van der Waals surface area contributed by atoms with Gasteiger partial charge in [-0.15, -0.1) is 0 Å². The zero-order chi connectivity index (χ0) is 20.6. The lowest BCUT2D eigenvalue weighted by Gasteiger charge is -2.15. The minimum absolute atomic E-state index is 0.0204. The van der Waals surface area contributed by atoms with Crippen LogP contribution in [0.3, 0.4) is 0 Å². The second-order valence-corrected chi connectivity index (χ2v) is 7.46. The number of anilines is 1. The minimum atomic E-state index is -0.392. The van der Waals surface area contributed by atoms with E-state index in [4.69, 9.17) is 5.11 Å². The summed E-state index contributed by atoms with van der Waals surface area (Å²) < 4.78 is 0. The highest BCUT2D eigenvalue weighted by molar-refractivity contribution is 5.90. The molecular formula is C23H35NO4. The third kappa shape index (κ3) is 11.7. The first-order valence-electron chi connectivity index (χ1n) is 10.5. The van der Waals surface area contributed by atoms with Crippen LogP contribution in [0.15, 0.2) is 30.3 Å². The summed E-state index contributed by atoms with van der Waals surface area (Å²) in [5.41, 5.74) is 0.794. The van der Waals surface area contributed by atoms with E-state index in [-0.39, 0.29) is 17.5 Å². The number of unbranched alkanes of at least 4 members (excludes halogenated alkanes) is 2. The predicted octanol–water partition coefficient (Wildman–Crippen LogP) is 4.68. The number of hydrogen-bond donors (Lipinski definition) is 2. The Morgan fingerprint density at radius 3 is 2.21 bits per heavy atom. The zero-order valence-corrected chi connectivity index (χ0v) is 17.1. The van der Waals surface area contributed by atoms with E-state index in [0.717, 1.165) is 44.2 Å². The lowest BCUT2D eigenvalue weighted by atomic mass is 9.89. The monoisotopic (exact) mass is 389 g/mol. The molecule has 1 aromatic rings. The molecule has 0 fully saturated rings. The van der Waals surface area contributed by atoms with Gasteiger partial charge >= 0.3 is 0 Å². The maximum absolute atomic E-state index is 12.3. The molecule has 0 aliphatic carbocycles. The molecule has 0 aliphatic heterocycles. The van der Waals surface area contributed by atoms with Crippen LogP contribution >= 0.6 is 0 Å². The first-order valence-corrected chi connectivity index (χ1v) is 10.5. The number of Topliss-reactive ketones (excluding diaryl/α,β-unsaturated/α-hetero) is 2. The molecule has 1 amide bonds.